The zero-order valence-electron chi connectivity index (χ0n) is 20.0. The third-order valence-corrected chi connectivity index (χ3v) is 6.80. The van der Waals surface area contributed by atoms with E-state index in [1.165, 1.54) is 24.1 Å². The van der Waals surface area contributed by atoms with E-state index in [-0.39, 0.29) is 24.0 Å². The van der Waals surface area contributed by atoms with Crippen molar-refractivity contribution in [2.75, 3.05) is 53.1 Å². The molecule has 4 rings (SSSR count). The van der Waals surface area contributed by atoms with Crippen LogP contribution in [0, 0.1) is 5.92 Å². The SMILES string of the molecule is CN=C(NCc1cccc(COC2CCOCC2)c1)NC1CCN(CC2CCOC2)CC1.I. The van der Waals surface area contributed by atoms with Crippen LogP contribution in [0.3, 0.4) is 0 Å². The van der Waals surface area contributed by atoms with Crippen molar-refractivity contribution in [1.29, 1.82) is 0 Å². The van der Waals surface area contributed by atoms with Crippen LogP contribution in [-0.4, -0.2) is 76.1 Å². The molecule has 8 heteroatoms. The molecule has 0 bridgehead atoms. The first kappa shape index (κ1) is 26.7. The summed E-state index contributed by atoms with van der Waals surface area (Å²) in [5, 5.41) is 7.11. The number of aliphatic imine (C=N–C) groups is 1. The van der Waals surface area contributed by atoms with Crippen LogP contribution < -0.4 is 10.6 Å². The maximum Gasteiger partial charge on any atom is 0.191 e. The summed E-state index contributed by atoms with van der Waals surface area (Å²) in [6, 6.07) is 9.12. The van der Waals surface area contributed by atoms with E-state index in [1.807, 2.05) is 7.05 Å². The molecule has 3 aliphatic heterocycles. The molecule has 1 aromatic rings. The van der Waals surface area contributed by atoms with Gasteiger partial charge in [-0.3, -0.25) is 4.99 Å². The molecule has 0 aromatic heterocycles. The van der Waals surface area contributed by atoms with Gasteiger partial charge >= 0.3 is 0 Å². The van der Waals surface area contributed by atoms with Crippen LogP contribution >= 0.6 is 24.0 Å². The summed E-state index contributed by atoms with van der Waals surface area (Å²) < 4.78 is 17.0. The number of hydrogen-bond acceptors (Lipinski definition) is 5. The second kappa shape index (κ2) is 14.5. The Morgan fingerprint density at radius 2 is 1.82 bits per heavy atom. The number of nitrogens with one attached hydrogen (secondary N) is 2. The van der Waals surface area contributed by atoms with Gasteiger partial charge in [-0.15, -0.1) is 24.0 Å². The number of piperidine rings is 1. The lowest BCUT2D eigenvalue weighted by Crippen LogP contribution is -2.49. The summed E-state index contributed by atoms with van der Waals surface area (Å²) in [6.45, 7) is 8.43. The van der Waals surface area contributed by atoms with Crippen LogP contribution in [0.25, 0.3) is 0 Å². The highest BCUT2D eigenvalue weighted by atomic mass is 127. The normalized spacial score (nSPS) is 23.3. The minimum absolute atomic E-state index is 0. The molecule has 3 saturated heterocycles. The fourth-order valence-corrected chi connectivity index (χ4v) is 4.81. The van der Waals surface area contributed by atoms with Gasteiger partial charge in [0.15, 0.2) is 5.96 Å². The predicted molar refractivity (Wildman–Crippen MR) is 142 cm³/mol. The lowest BCUT2D eigenvalue weighted by molar-refractivity contribution is -0.0390. The Morgan fingerprint density at radius 1 is 1.06 bits per heavy atom. The molecule has 1 unspecified atom stereocenters. The molecule has 1 aromatic carbocycles. The van der Waals surface area contributed by atoms with Crippen molar-refractivity contribution in [3.63, 3.8) is 0 Å². The van der Waals surface area contributed by atoms with Crippen molar-refractivity contribution in [2.45, 2.75) is 57.4 Å². The van der Waals surface area contributed by atoms with Crippen LogP contribution in [0.15, 0.2) is 29.3 Å². The number of rotatable bonds is 8. The quantitative estimate of drug-likeness (QED) is 0.284. The second-order valence-corrected chi connectivity index (χ2v) is 9.32. The van der Waals surface area contributed by atoms with Crippen molar-refractivity contribution in [3.05, 3.63) is 35.4 Å². The lowest BCUT2D eigenvalue weighted by Gasteiger charge is -2.34. The minimum Gasteiger partial charge on any atom is -0.381 e. The number of hydrogen-bond donors (Lipinski definition) is 2. The Bertz CT molecular complexity index is 715. The first-order valence-electron chi connectivity index (χ1n) is 12.3. The van der Waals surface area contributed by atoms with Gasteiger partial charge in [0.05, 0.1) is 19.3 Å². The maximum absolute atomic E-state index is 6.07. The van der Waals surface area contributed by atoms with E-state index >= 15 is 0 Å². The van der Waals surface area contributed by atoms with Crippen molar-refractivity contribution >= 4 is 29.9 Å². The fourth-order valence-electron chi connectivity index (χ4n) is 4.81. The third-order valence-electron chi connectivity index (χ3n) is 6.80. The van der Waals surface area contributed by atoms with Gasteiger partial charge < -0.3 is 29.7 Å². The van der Waals surface area contributed by atoms with E-state index in [0.717, 1.165) is 83.6 Å². The Morgan fingerprint density at radius 3 is 2.55 bits per heavy atom. The van der Waals surface area contributed by atoms with Gasteiger partial charge in [0.25, 0.3) is 0 Å². The minimum atomic E-state index is 0. The first-order chi connectivity index (χ1) is 15.8. The van der Waals surface area contributed by atoms with Crippen molar-refractivity contribution < 1.29 is 14.2 Å². The van der Waals surface area contributed by atoms with Gasteiger partial charge in [0.1, 0.15) is 0 Å². The van der Waals surface area contributed by atoms with Crippen LogP contribution in [0.4, 0.5) is 0 Å². The molecule has 3 fully saturated rings. The molecule has 0 aliphatic carbocycles. The predicted octanol–water partition coefficient (Wildman–Crippen LogP) is 3.17. The van der Waals surface area contributed by atoms with Gasteiger partial charge in [-0.25, -0.2) is 0 Å². The average molecular weight is 573 g/mol. The van der Waals surface area contributed by atoms with E-state index in [1.54, 1.807) is 0 Å². The number of nitrogens with zero attached hydrogens (tertiary/aromatic N) is 2. The zero-order valence-corrected chi connectivity index (χ0v) is 22.3. The summed E-state index contributed by atoms with van der Waals surface area (Å²) in [5.41, 5.74) is 2.47. The molecule has 0 saturated carbocycles. The van der Waals surface area contributed by atoms with Crippen LogP contribution in [0.5, 0.6) is 0 Å². The maximum atomic E-state index is 6.07. The third kappa shape index (κ3) is 8.98. The molecule has 7 nitrogen and oxygen atoms in total. The van der Waals surface area contributed by atoms with Gasteiger partial charge in [-0.05, 0) is 49.1 Å². The molecular formula is C25H41IN4O3. The molecule has 0 spiro atoms. The number of halogens is 1. The van der Waals surface area contributed by atoms with E-state index in [0.29, 0.717) is 18.8 Å². The summed E-state index contributed by atoms with van der Waals surface area (Å²) >= 11 is 0. The smallest absolute Gasteiger partial charge is 0.191 e. The Hall–Kier alpha value is -0.940. The summed E-state index contributed by atoms with van der Waals surface area (Å²) in [5.74, 6) is 1.61. The molecule has 3 aliphatic rings. The number of benzene rings is 1. The highest BCUT2D eigenvalue weighted by Crippen LogP contribution is 2.18. The van der Waals surface area contributed by atoms with Gasteiger partial charge in [0.2, 0.25) is 0 Å². The Balaban J connectivity index is 0.00000306. The molecule has 0 amide bonds. The first-order valence-corrected chi connectivity index (χ1v) is 12.3. The summed E-state index contributed by atoms with van der Waals surface area (Å²) in [4.78, 5) is 7.05. The van der Waals surface area contributed by atoms with E-state index in [2.05, 4.69) is 44.8 Å². The topological polar surface area (TPSA) is 67.4 Å². The summed E-state index contributed by atoms with van der Waals surface area (Å²) in [7, 11) is 1.85. The van der Waals surface area contributed by atoms with Gasteiger partial charge in [0, 0.05) is 59.1 Å². The van der Waals surface area contributed by atoms with E-state index in [9.17, 15) is 0 Å². The van der Waals surface area contributed by atoms with Gasteiger partial charge in [-0.1, -0.05) is 24.3 Å². The van der Waals surface area contributed by atoms with Crippen molar-refractivity contribution in [3.8, 4) is 0 Å². The average Bonchev–Trinajstić information content (AvgIpc) is 3.35. The fraction of sp³-hybridized carbons (Fsp3) is 0.720. The van der Waals surface area contributed by atoms with Crippen molar-refractivity contribution in [2.24, 2.45) is 10.9 Å². The zero-order chi connectivity index (χ0) is 22.0. The standard InChI is InChI=1S/C25H40N4O3.HI/c1-26-25(28-23-5-10-29(11-6-23)17-22-7-12-31-18-22)27-16-20-3-2-4-21(15-20)19-32-24-8-13-30-14-9-24;/h2-4,15,22-24H,5-14,16-19H2,1H3,(H2,26,27,28);1H. The largest absolute Gasteiger partial charge is 0.381 e. The Kier molecular flexibility index (Phi) is 11.7. The number of guanidine groups is 1. The second-order valence-electron chi connectivity index (χ2n) is 9.32. The Labute approximate surface area is 216 Å². The molecule has 2 N–H and O–H groups in total. The highest BCUT2D eigenvalue weighted by molar-refractivity contribution is 14.0. The molecular weight excluding hydrogens is 531 g/mol. The van der Waals surface area contributed by atoms with Gasteiger partial charge in [-0.2, -0.15) is 0 Å². The molecule has 0 radical (unpaired) electrons. The lowest BCUT2D eigenvalue weighted by atomic mass is 10.0. The van der Waals surface area contributed by atoms with Crippen LogP contribution in [-0.2, 0) is 27.4 Å². The number of likely N-dealkylation sites (tertiary alicyclic amines) is 1. The van der Waals surface area contributed by atoms with Crippen molar-refractivity contribution in [1.82, 2.24) is 15.5 Å². The highest BCUT2D eigenvalue weighted by Gasteiger charge is 2.24. The van der Waals surface area contributed by atoms with Crippen LogP contribution in [0.2, 0.25) is 0 Å². The monoisotopic (exact) mass is 572 g/mol. The molecule has 186 valence electrons. The molecule has 3 heterocycles. The molecule has 33 heavy (non-hydrogen) atoms. The van der Waals surface area contributed by atoms with Crippen LogP contribution in [0.1, 0.15) is 43.2 Å². The van der Waals surface area contributed by atoms with E-state index in [4.69, 9.17) is 14.2 Å². The summed E-state index contributed by atoms with van der Waals surface area (Å²) in [6.07, 6.45) is 5.86. The van der Waals surface area contributed by atoms with E-state index < -0.39 is 0 Å². The number of ether oxygens (including phenoxy) is 3. The molecule has 1 atom stereocenters.